The molecule has 2 saturated heterocycles. The molecular formula is C18H21N5O3. The smallest absolute Gasteiger partial charge is 0.242 e. The quantitative estimate of drug-likeness (QED) is 0.564. The predicted molar refractivity (Wildman–Crippen MR) is 92.9 cm³/mol. The molecule has 0 saturated carbocycles. The first-order valence-corrected chi connectivity index (χ1v) is 8.95. The van der Waals surface area contributed by atoms with E-state index in [1.165, 1.54) is 0 Å². The number of carbonyl (C=O) groups excluding carboxylic acids is 3. The Labute approximate surface area is 151 Å². The van der Waals surface area contributed by atoms with Crippen molar-refractivity contribution in [2.24, 2.45) is 11.8 Å². The second kappa shape index (κ2) is 6.86. The summed E-state index contributed by atoms with van der Waals surface area (Å²) in [5, 5.41) is 0. The van der Waals surface area contributed by atoms with E-state index in [1.807, 2.05) is 17.1 Å². The molecule has 136 valence electrons. The van der Waals surface area contributed by atoms with Gasteiger partial charge in [-0.05, 0) is 18.9 Å². The summed E-state index contributed by atoms with van der Waals surface area (Å²) < 4.78 is 0. The lowest BCUT2D eigenvalue weighted by atomic mass is 9.85. The van der Waals surface area contributed by atoms with Crippen LogP contribution < -0.4 is 4.90 Å². The summed E-state index contributed by atoms with van der Waals surface area (Å²) in [7, 11) is 0. The highest BCUT2D eigenvalue weighted by molar-refractivity contribution is 6.07. The van der Waals surface area contributed by atoms with Crippen molar-refractivity contribution in [3.05, 3.63) is 30.6 Å². The number of imide groups is 1. The van der Waals surface area contributed by atoms with E-state index in [0.29, 0.717) is 45.0 Å². The molecule has 2 fully saturated rings. The number of aromatic nitrogens is 2. The molecule has 8 nitrogen and oxygen atoms in total. The van der Waals surface area contributed by atoms with Gasteiger partial charge in [-0.2, -0.15) is 0 Å². The van der Waals surface area contributed by atoms with E-state index < -0.39 is 0 Å². The van der Waals surface area contributed by atoms with E-state index in [1.54, 1.807) is 23.4 Å². The van der Waals surface area contributed by atoms with Crippen LogP contribution in [0.15, 0.2) is 30.6 Å². The van der Waals surface area contributed by atoms with Crippen LogP contribution in [0.2, 0.25) is 0 Å². The largest absolute Gasteiger partial charge is 0.338 e. The number of carbonyl (C=O) groups is 3. The average Bonchev–Trinajstić information content (AvgIpc) is 2.94. The highest BCUT2D eigenvalue weighted by Gasteiger charge is 2.48. The third-order valence-corrected chi connectivity index (χ3v) is 5.36. The first-order valence-electron chi connectivity index (χ1n) is 8.95. The number of rotatable bonds is 3. The summed E-state index contributed by atoms with van der Waals surface area (Å²) in [6, 6.07) is 1.76. The fourth-order valence-electron chi connectivity index (χ4n) is 3.87. The van der Waals surface area contributed by atoms with Crippen molar-refractivity contribution in [2.75, 3.05) is 37.6 Å². The lowest BCUT2D eigenvalue weighted by Crippen LogP contribution is -2.52. The third kappa shape index (κ3) is 2.95. The third-order valence-electron chi connectivity index (χ3n) is 5.36. The molecule has 1 aromatic rings. The summed E-state index contributed by atoms with van der Waals surface area (Å²) in [5.74, 6) is -0.490. The molecule has 3 amide bonds. The van der Waals surface area contributed by atoms with Crippen LogP contribution in [0.25, 0.3) is 0 Å². The Balaban J connectivity index is 1.35. The molecule has 0 unspecified atom stereocenters. The Morgan fingerprint density at radius 1 is 0.962 bits per heavy atom. The SMILES string of the molecule is O=C(CN1C(=O)[C@@H]2CC=CC[C@H]2C1=O)N1CCN(c2ncccn2)CC1. The molecule has 2 aliphatic heterocycles. The molecular weight excluding hydrogens is 334 g/mol. The summed E-state index contributed by atoms with van der Waals surface area (Å²) in [6.45, 7) is 2.18. The van der Waals surface area contributed by atoms with Gasteiger partial charge in [-0.25, -0.2) is 9.97 Å². The maximum atomic E-state index is 12.6. The highest BCUT2D eigenvalue weighted by atomic mass is 16.2. The zero-order valence-corrected chi connectivity index (χ0v) is 14.5. The van der Waals surface area contributed by atoms with Crippen molar-refractivity contribution in [2.45, 2.75) is 12.8 Å². The molecule has 0 radical (unpaired) electrons. The van der Waals surface area contributed by atoms with E-state index in [-0.39, 0.29) is 36.1 Å². The number of allylic oxidation sites excluding steroid dienone is 2. The second-order valence-electron chi connectivity index (χ2n) is 6.84. The van der Waals surface area contributed by atoms with Gasteiger partial charge >= 0.3 is 0 Å². The van der Waals surface area contributed by atoms with Gasteiger partial charge in [-0.1, -0.05) is 12.2 Å². The van der Waals surface area contributed by atoms with Gasteiger partial charge in [0, 0.05) is 38.6 Å². The number of piperazine rings is 1. The number of anilines is 1. The van der Waals surface area contributed by atoms with Crippen molar-refractivity contribution >= 4 is 23.7 Å². The highest BCUT2D eigenvalue weighted by Crippen LogP contribution is 2.34. The fraction of sp³-hybridized carbons (Fsp3) is 0.500. The number of fused-ring (bicyclic) bond motifs is 1. The van der Waals surface area contributed by atoms with Crippen LogP contribution in [0.5, 0.6) is 0 Å². The zero-order chi connectivity index (χ0) is 18.1. The Hall–Kier alpha value is -2.77. The van der Waals surface area contributed by atoms with E-state index in [9.17, 15) is 14.4 Å². The fourth-order valence-corrected chi connectivity index (χ4v) is 3.87. The molecule has 3 aliphatic rings. The Morgan fingerprint density at radius 2 is 1.54 bits per heavy atom. The van der Waals surface area contributed by atoms with E-state index in [2.05, 4.69) is 9.97 Å². The molecule has 0 N–H and O–H groups in total. The number of amides is 3. The molecule has 1 aromatic heterocycles. The summed E-state index contributed by atoms with van der Waals surface area (Å²) in [6.07, 6.45) is 8.47. The molecule has 0 bridgehead atoms. The number of hydrogen-bond donors (Lipinski definition) is 0. The Morgan fingerprint density at radius 3 is 2.12 bits per heavy atom. The molecule has 1 aliphatic carbocycles. The standard InChI is InChI=1S/C18H21N5O3/c24-15(12-23-16(25)13-4-1-2-5-14(13)17(23)26)21-8-10-22(11-9-21)18-19-6-3-7-20-18/h1-3,6-7,13-14H,4-5,8-12H2/t13-,14-/m1/s1. The Kier molecular flexibility index (Phi) is 4.40. The molecule has 26 heavy (non-hydrogen) atoms. The van der Waals surface area contributed by atoms with Gasteiger partial charge in [0.05, 0.1) is 11.8 Å². The topological polar surface area (TPSA) is 86.7 Å². The minimum Gasteiger partial charge on any atom is -0.338 e. The van der Waals surface area contributed by atoms with Crippen LogP contribution >= 0.6 is 0 Å². The van der Waals surface area contributed by atoms with Crippen molar-refractivity contribution in [1.82, 2.24) is 19.8 Å². The first kappa shape index (κ1) is 16.7. The van der Waals surface area contributed by atoms with E-state index >= 15 is 0 Å². The van der Waals surface area contributed by atoms with E-state index in [4.69, 9.17) is 0 Å². The van der Waals surface area contributed by atoms with Gasteiger partial charge in [0.1, 0.15) is 6.54 Å². The van der Waals surface area contributed by atoms with Gasteiger partial charge in [0.2, 0.25) is 23.7 Å². The molecule has 0 spiro atoms. The van der Waals surface area contributed by atoms with Gasteiger partial charge in [0.25, 0.3) is 0 Å². The maximum absolute atomic E-state index is 12.6. The molecule has 0 aromatic carbocycles. The Bertz CT molecular complexity index is 716. The van der Waals surface area contributed by atoms with Crippen LogP contribution in [-0.2, 0) is 14.4 Å². The van der Waals surface area contributed by atoms with Crippen LogP contribution in [0.3, 0.4) is 0 Å². The zero-order valence-electron chi connectivity index (χ0n) is 14.5. The predicted octanol–water partition coefficient (Wildman–Crippen LogP) is 0.0764. The summed E-state index contributed by atoms with van der Waals surface area (Å²) in [5.41, 5.74) is 0. The van der Waals surface area contributed by atoms with Gasteiger partial charge in [-0.15, -0.1) is 0 Å². The van der Waals surface area contributed by atoms with Crippen LogP contribution in [0, 0.1) is 11.8 Å². The minimum absolute atomic E-state index is 0.146. The van der Waals surface area contributed by atoms with Crippen LogP contribution in [0.4, 0.5) is 5.95 Å². The molecule has 4 rings (SSSR count). The summed E-state index contributed by atoms with van der Waals surface area (Å²) >= 11 is 0. The molecule has 3 heterocycles. The van der Waals surface area contributed by atoms with Gasteiger partial charge < -0.3 is 9.80 Å². The number of nitrogens with zero attached hydrogens (tertiary/aromatic N) is 5. The second-order valence-corrected chi connectivity index (χ2v) is 6.84. The first-order chi connectivity index (χ1) is 12.6. The number of hydrogen-bond acceptors (Lipinski definition) is 6. The van der Waals surface area contributed by atoms with Crippen molar-refractivity contribution in [3.8, 4) is 0 Å². The van der Waals surface area contributed by atoms with Crippen molar-refractivity contribution in [3.63, 3.8) is 0 Å². The monoisotopic (exact) mass is 355 g/mol. The van der Waals surface area contributed by atoms with Crippen molar-refractivity contribution in [1.29, 1.82) is 0 Å². The summed E-state index contributed by atoms with van der Waals surface area (Å²) in [4.78, 5) is 50.9. The lowest BCUT2D eigenvalue weighted by molar-refractivity contribution is -0.146. The number of likely N-dealkylation sites (tertiary alicyclic amines) is 1. The van der Waals surface area contributed by atoms with Gasteiger partial charge in [0.15, 0.2) is 0 Å². The van der Waals surface area contributed by atoms with Crippen molar-refractivity contribution < 1.29 is 14.4 Å². The van der Waals surface area contributed by atoms with E-state index in [0.717, 1.165) is 4.90 Å². The van der Waals surface area contributed by atoms with Gasteiger partial charge in [-0.3, -0.25) is 19.3 Å². The molecule has 8 heteroatoms. The average molecular weight is 355 g/mol. The lowest BCUT2D eigenvalue weighted by Gasteiger charge is -2.35. The normalized spacial score (nSPS) is 25.6. The minimum atomic E-state index is -0.285. The maximum Gasteiger partial charge on any atom is 0.242 e. The molecule has 2 atom stereocenters. The van der Waals surface area contributed by atoms with Crippen LogP contribution in [-0.4, -0.2) is 70.2 Å². The van der Waals surface area contributed by atoms with Crippen LogP contribution in [0.1, 0.15) is 12.8 Å².